The van der Waals surface area contributed by atoms with Crippen LogP contribution in [-0.2, 0) is 19.1 Å². The monoisotopic (exact) mass is 354 g/mol. The molecule has 0 aromatic carbocycles. The summed E-state index contributed by atoms with van der Waals surface area (Å²) in [5.41, 5.74) is -1.06. The molecule has 0 unspecified atom stereocenters. The molecular weight excluding hydrogens is 332 g/mol. The first kappa shape index (κ1) is 19.0. The Labute approximate surface area is 136 Å². The Kier molecular flexibility index (Phi) is 5.72. The molecule has 1 heterocycles. The lowest BCUT2D eigenvalue weighted by molar-refractivity contribution is 0.0166. The van der Waals surface area contributed by atoms with E-state index >= 15 is 0 Å². The van der Waals surface area contributed by atoms with Crippen LogP contribution in [0.3, 0.4) is 0 Å². The van der Waals surface area contributed by atoms with Gasteiger partial charge in [0.1, 0.15) is 5.60 Å². The molecule has 1 amide bonds. The van der Waals surface area contributed by atoms with Crippen molar-refractivity contribution in [2.45, 2.75) is 46.1 Å². The van der Waals surface area contributed by atoms with Gasteiger partial charge in [-0.1, -0.05) is 23.7 Å². The molecule has 0 aliphatic carbocycles. The first-order chi connectivity index (χ1) is 9.82. The molecule has 1 rings (SSSR count). The third-order valence-electron chi connectivity index (χ3n) is 3.27. The molecule has 1 saturated heterocycles. The summed E-state index contributed by atoms with van der Waals surface area (Å²) in [5, 5.41) is 3.56. The molecule has 7 nitrogen and oxygen atoms in total. The van der Waals surface area contributed by atoms with E-state index in [9.17, 15) is 13.2 Å². The van der Waals surface area contributed by atoms with Crippen LogP contribution in [0.15, 0.2) is 5.16 Å². The highest BCUT2D eigenvalue weighted by molar-refractivity contribution is 7.85. The van der Waals surface area contributed by atoms with Gasteiger partial charge >= 0.3 is 16.2 Å². The summed E-state index contributed by atoms with van der Waals surface area (Å²) in [6, 6.07) is 0. The van der Waals surface area contributed by atoms with Gasteiger partial charge in [-0.25, -0.2) is 4.79 Å². The van der Waals surface area contributed by atoms with Gasteiger partial charge in [-0.15, -0.1) is 0 Å². The molecule has 1 fully saturated rings. The minimum Gasteiger partial charge on any atom is -0.444 e. The zero-order valence-electron chi connectivity index (χ0n) is 13.6. The number of rotatable bonds is 3. The first-order valence-electron chi connectivity index (χ1n) is 6.93. The largest absolute Gasteiger partial charge is 0.444 e. The summed E-state index contributed by atoms with van der Waals surface area (Å²) in [6.45, 7) is 8.20. The molecular formula is C13H23ClN2O5S. The Hall–Kier alpha value is -1.02. The summed E-state index contributed by atoms with van der Waals surface area (Å²) >= 11 is 6.07. The van der Waals surface area contributed by atoms with Gasteiger partial charge in [-0.05, 0) is 33.6 Å². The average Bonchev–Trinajstić information content (AvgIpc) is 2.33. The van der Waals surface area contributed by atoms with Crippen molar-refractivity contribution in [2.75, 3.05) is 19.3 Å². The molecule has 0 aromatic heterocycles. The quantitative estimate of drug-likeness (QED) is 0.574. The fourth-order valence-corrected chi connectivity index (χ4v) is 2.40. The van der Waals surface area contributed by atoms with Crippen molar-refractivity contribution >= 4 is 33.0 Å². The number of likely N-dealkylation sites (tertiary alicyclic amines) is 1. The third kappa shape index (κ3) is 6.00. The molecule has 0 atom stereocenters. The van der Waals surface area contributed by atoms with Crippen LogP contribution < -0.4 is 0 Å². The molecule has 1 aliphatic heterocycles. The minimum absolute atomic E-state index is 0.0850. The van der Waals surface area contributed by atoms with E-state index in [0.29, 0.717) is 25.9 Å². The van der Waals surface area contributed by atoms with E-state index in [2.05, 4.69) is 9.44 Å². The molecule has 0 saturated carbocycles. The van der Waals surface area contributed by atoms with Gasteiger partial charge in [0.05, 0.1) is 6.26 Å². The summed E-state index contributed by atoms with van der Waals surface area (Å²) < 4.78 is 31.6. The van der Waals surface area contributed by atoms with Crippen LogP contribution in [0.4, 0.5) is 4.79 Å². The number of piperidine rings is 1. The average molecular weight is 355 g/mol. The SMILES string of the molecule is CC(C)(C)OC(=O)N1CCC(C)(/C(Cl)=N/OS(C)(=O)=O)CC1. The van der Waals surface area contributed by atoms with E-state index in [4.69, 9.17) is 16.3 Å². The molecule has 22 heavy (non-hydrogen) atoms. The van der Waals surface area contributed by atoms with Crippen LogP contribution in [-0.4, -0.2) is 49.5 Å². The number of carbonyl (C=O) groups is 1. The van der Waals surface area contributed by atoms with Gasteiger partial charge in [0.2, 0.25) is 0 Å². The molecule has 1 aliphatic rings. The van der Waals surface area contributed by atoms with E-state index in [-0.39, 0.29) is 11.3 Å². The molecule has 128 valence electrons. The Morgan fingerprint density at radius 1 is 1.27 bits per heavy atom. The minimum atomic E-state index is -3.69. The van der Waals surface area contributed by atoms with Crippen LogP contribution in [0.2, 0.25) is 0 Å². The Morgan fingerprint density at radius 3 is 2.18 bits per heavy atom. The molecule has 0 bridgehead atoms. The summed E-state index contributed by atoms with van der Waals surface area (Å²) in [6.07, 6.45) is 1.62. The maximum absolute atomic E-state index is 12.0. The lowest BCUT2D eigenvalue weighted by Crippen LogP contribution is -2.46. The fourth-order valence-electron chi connectivity index (χ4n) is 1.93. The van der Waals surface area contributed by atoms with Gasteiger partial charge in [-0.2, -0.15) is 8.42 Å². The van der Waals surface area contributed by atoms with Crippen molar-refractivity contribution in [3.05, 3.63) is 0 Å². The highest BCUT2D eigenvalue weighted by atomic mass is 35.5. The highest BCUT2D eigenvalue weighted by Gasteiger charge is 2.37. The van der Waals surface area contributed by atoms with Crippen LogP contribution in [0.1, 0.15) is 40.5 Å². The van der Waals surface area contributed by atoms with Crippen molar-refractivity contribution in [1.29, 1.82) is 0 Å². The molecule has 0 aromatic rings. The molecule has 0 spiro atoms. The lowest BCUT2D eigenvalue weighted by atomic mass is 9.81. The normalized spacial score (nSPS) is 19.7. The Bertz CT molecular complexity index is 545. The van der Waals surface area contributed by atoms with Crippen molar-refractivity contribution in [3.8, 4) is 0 Å². The number of oxime groups is 1. The van der Waals surface area contributed by atoms with Gasteiger partial charge in [-0.3, -0.25) is 4.28 Å². The predicted octanol–water partition coefficient (Wildman–Crippen LogP) is 2.55. The number of nitrogens with zero attached hydrogens (tertiary/aromatic N) is 2. The van der Waals surface area contributed by atoms with Gasteiger partial charge in [0.25, 0.3) is 0 Å². The fraction of sp³-hybridized carbons (Fsp3) is 0.846. The van der Waals surface area contributed by atoms with Crippen LogP contribution in [0, 0.1) is 5.41 Å². The molecule has 9 heteroatoms. The van der Waals surface area contributed by atoms with Crippen molar-refractivity contribution in [2.24, 2.45) is 10.6 Å². The number of carbonyl (C=O) groups excluding carboxylic acids is 1. The van der Waals surface area contributed by atoms with E-state index in [1.807, 2.05) is 27.7 Å². The van der Waals surface area contributed by atoms with Crippen molar-refractivity contribution in [3.63, 3.8) is 0 Å². The smallest absolute Gasteiger partial charge is 0.410 e. The number of amides is 1. The second kappa shape index (κ2) is 6.62. The zero-order valence-corrected chi connectivity index (χ0v) is 15.1. The molecule has 0 N–H and O–H groups in total. The zero-order chi connectivity index (χ0) is 17.2. The van der Waals surface area contributed by atoms with E-state index in [1.165, 1.54) is 0 Å². The van der Waals surface area contributed by atoms with Gasteiger partial charge < -0.3 is 9.64 Å². The van der Waals surface area contributed by atoms with Gasteiger partial charge in [0, 0.05) is 18.5 Å². The Morgan fingerprint density at radius 2 is 1.77 bits per heavy atom. The summed E-state index contributed by atoms with van der Waals surface area (Å²) in [7, 11) is -3.69. The molecule has 0 radical (unpaired) electrons. The van der Waals surface area contributed by atoms with Crippen LogP contribution in [0.25, 0.3) is 0 Å². The predicted molar refractivity (Wildman–Crippen MR) is 84.4 cm³/mol. The van der Waals surface area contributed by atoms with E-state index < -0.39 is 21.1 Å². The standard InChI is InChI=1S/C13H23ClN2O5S/c1-12(2,3)20-11(17)16-8-6-13(4,7-9-16)10(14)15-21-22(5,18)19/h6-9H2,1-5H3/b15-10-. The van der Waals surface area contributed by atoms with Crippen LogP contribution in [0.5, 0.6) is 0 Å². The number of hydrogen-bond acceptors (Lipinski definition) is 6. The maximum atomic E-state index is 12.0. The second-order valence-corrected chi connectivity index (χ2v) is 8.60. The number of hydrogen-bond donors (Lipinski definition) is 0. The Balaban J connectivity index is 2.65. The summed E-state index contributed by atoms with van der Waals surface area (Å²) in [4.78, 5) is 13.6. The van der Waals surface area contributed by atoms with Gasteiger partial charge in [0.15, 0.2) is 5.17 Å². The third-order valence-corrected chi connectivity index (χ3v) is 4.14. The maximum Gasteiger partial charge on any atom is 0.410 e. The van der Waals surface area contributed by atoms with Crippen LogP contribution >= 0.6 is 11.6 Å². The second-order valence-electron chi connectivity index (χ2n) is 6.69. The number of halogens is 1. The lowest BCUT2D eigenvalue weighted by Gasteiger charge is -2.38. The highest BCUT2D eigenvalue weighted by Crippen LogP contribution is 2.34. The van der Waals surface area contributed by atoms with E-state index in [1.54, 1.807) is 4.90 Å². The van der Waals surface area contributed by atoms with Crippen molar-refractivity contribution in [1.82, 2.24) is 4.90 Å². The van der Waals surface area contributed by atoms with E-state index in [0.717, 1.165) is 6.26 Å². The topological polar surface area (TPSA) is 85.3 Å². The van der Waals surface area contributed by atoms with Crippen molar-refractivity contribution < 1.29 is 22.2 Å². The summed E-state index contributed by atoms with van der Waals surface area (Å²) in [5.74, 6) is 0. The number of ether oxygens (including phenoxy) is 1. The first-order valence-corrected chi connectivity index (χ1v) is 9.12.